The van der Waals surface area contributed by atoms with Gasteiger partial charge in [-0.3, -0.25) is 4.79 Å². The molecule has 0 N–H and O–H groups in total. The molecule has 0 fully saturated rings. The van der Waals surface area contributed by atoms with Gasteiger partial charge >= 0.3 is 5.97 Å². The Kier molecular flexibility index (Phi) is 7.31. The molecule has 2 aromatic rings. The van der Waals surface area contributed by atoms with Gasteiger partial charge < -0.3 is 19.1 Å². The zero-order valence-corrected chi connectivity index (χ0v) is 20.3. The Morgan fingerprint density at radius 3 is 2.45 bits per heavy atom. The van der Waals surface area contributed by atoms with Crippen molar-refractivity contribution in [2.45, 2.75) is 39.3 Å². The Morgan fingerprint density at radius 1 is 1.12 bits per heavy atom. The van der Waals surface area contributed by atoms with Crippen LogP contribution in [-0.2, 0) is 25.8 Å². The van der Waals surface area contributed by atoms with E-state index in [0.29, 0.717) is 34.9 Å². The Bertz CT molecular complexity index is 1160. The second-order valence-electron chi connectivity index (χ2n) is 8.19. The average Bonchev–Trinajstić information content (AvgIpc) is 3.06. The molecule has 0 saturated heterocycles. The van der Waals surface area contributed by atoms with Crippen molar-refractivity contribution < 1.29 is 32.2 Å². The molecule has 1 amide bonds. The van der Waals surface area contributed by atoms with Gasteiger partial charge in [-0.2, -0.15) is 0 Å². The molecule has 9 heteroatoms. The minimum atomic E-state index is -3.48. The number of ether oxygens (including phenoxy) is 3. The maximum absolute atomic E-state index is 13.1. The Hall–Kier alpha value is -3.07. The molecule has 3 rings (SSSR count). The number of hydrogen-bond acceptors (Lipinski definition) is 7. The summed E-state index contributed by atoms with van der Waals surface area (Å²) < 4.78 is 41.0. The van der Waals surface area contributed by atoms with Crippen LogP contribution >= 0.6 is 0 Å². The molecule has 178 valence electrons. The van der Waals surface area contributed by atoms with Crippen molar-refractivity contribution in [3.63, 3.8) is 0 Å². The van der Waals surface area contributed by atoms with Gasteiger partial charge in [0, 0.05) is 11.9 Å². The maximum atomic E-state index is 13.1. The first kappa shape index (κ1) is 24.6. The number of carbonyl (C=O) groups is 2. The molecule has 1 aliphatic heterocycles. The van der Waals surface area contributed by atoms with E-state index >= 15 is 0 Å². The molecule has 0 bridgehead atoms. The monoisotopic (exact) mass is 475 g/mol. The minimum Gasteiger partial charge on any atom is -0.493 e. The van der Waals surface area contributed by atoms with E-state index in [1.54, 1.807) is 50.2 Å². The van der Waals surface area contributed by atoms with Gasteiger partial charge in [-0.15, -0.1) is 0 Å². The molecule has 0 unspecified atom stereocenters. The first-order valence-corrected chi connectivity index (χ1v) is 12.7. The van der Waals surface area contributed by atoms with Gasteiger partial charge in [-0.1, -0.05) is 12.1 Å². The molecule has 33 heavy (non-hydrogen) atoms. The topological polar surface area (TPSA) is 99.2 Å². The van der Waals surface area contributed by atoms with E-state index in [1.807, 2.05) is 6.92 Å². The summed E-state index contributed by atoms with van der Waals surface area (Å²) >= 11 is 0. The maximum Gasteiger partial charge on any atom is 0.338 e. The summed E-state index contributed by atoms with van der Waals surface area (Å²) in [7, 11) is -1.96. The SMILES string of the molecule is CCOc1cc([C@@H](CS(C)(=O)=O)N2C(=O)Cc3ccc(C(=O)OC(C)C)cc32)ccc1OC. The fourth-order valence-corrected chi connectivity index (χ4v) is 4.76. The summed E-state index contributed by atoms with van der Waals surface area (Å²) in [5.41, 5.74) is 2.10. The van der Waals surface area contributed by atoms with Gasteiger partial charge in [0.25, 0.3) is 0 Å². The Morgan fingerprint density at radius 2 is 1.85 bits per heavy atom. The molecule has 0 saturated carbocycles. The molecule has 0 radical (unpaired) electrons. The lowest BCUT2D eigenvalue weighted by atomic mass is 10.0. The first-order chi connectivity index (χ1) is 15.5. The quantitative estimate of drug-likeness (QED) is 0.513. The number of rotatable bonds is 9. The van der Waals surface area contributed by atoms with Crippen molar-refractivity contribution in [3.8, 4) is 11.5 Å². The highest BCUT2D eigenvalue weighted by atomic mass is 32.2. The average molecular weight is 476 g/mol. The lowest BCUT2D eigenvalue weighted by Gasteiger charge is -2.29. The van der Waals surface area contributed by atoms with Crippen LogP contribution in [0.1, 0.15) is 48.3 Å². The van der Waals surface area contributed by atoms with Crippen LogP contribution in [0.15, 0.2) is 36.4 Å². The number of nitrogens with zero attached hydrogens (tertiary/aromatic N) is 1. The number of carbonyl (C=O) groups excluding carboxylic acids is 2. The molecule has 8 nitrogen and oxygen atoms in total. The van der Waals surface area contributed by atoms with Gasteiger partial charge in [-0.25, -0.2) is 13.2 Å². The highest BCUT2D eigenvalue weighted by Crippen LogP contribution is 2.40. The summed E-state index contributed by atoms with van der Waals surface area (Å²) in [6.45, 7) is 5.73. The van der Waals surface area contributed by atoms with Crippen molar-refractivity contribution in [2.24, 2.45) is 0 Å². The summed E-state index contributed by atoms with van der Waals surface area (Å²) in [5.74, 6) is -0.0872. The van der Waals surface area contributed by atoms with Crippen LogP contribution in [0.3, 0.4) is 0 Å². The molecule has 1 atom stereocenters. The summed E-state index contributed by atoms with van der Waals surface area (Å²) in [6, 6.07) is 9.21. The Labute approximate surface area is 194 Å². The van der Waals surface area contributed by atoms with Crippen LogP contribution in [0.4, 0.5) is 5.69 Å². The summed E-state index contributed by atoms with van der Waals surface area (Å²) in [5, 5.41) is 0. The van der Waals surface area contributed by atoms with Gasteiger partial charge in [0.1, 0.15) is 9.84 Å². The fraction of sp³-hybridized carbons (Fsp3) is 0.417. The van der Waals surface area contributed by atoms with Crippen molar-refractivity contribution in [1.29, 1.82) is 0 Å². The van der Waals surface area contributed by atoms with Crippen molar-refractivity contribution >= 4 is 27.4 Å². The third kappa shape index (κ3) is 5.65. The third-order valence-corrected chi connectivity index (χ3v) is 6.10. The van der Waals surface area contributed by atoms with E-state index in [1.165, 1.54) is 12.0 Å². The van der Waals surface area contributed by atoms with Gasteiger partial charge in [0.2, 0.25) is 5.91 Å². The number of fused-ring (bicyclic) bond motifs is 1. The van der Waals surface area contributed by atoms with Crippen LogP contribution in [0.5, 0.6) is 11.5 Å². The Balaban J connectivity index is 2.11. The number of methoxy groups -OCH3 is 1. The molecular formula is C24H29NO7S. The molecule has 0 aliphatic carbocycles. The minimum absolute atomic E-state index is 0.115. The molecule has 1 heterocycles. The van der Waals surface area contributed by atoms with Crippen molar-refractivity contribution in [1.82, 2.24) is 0 Å². The smallest absolute Gasteiger partial charge is 0.338 e. The largest absolute Gasteiger partial charge is 0.493 e. The highest BCUT2D eigenvalue weighted by Gasteiger charge is 2.36. The summed E-state index contributed by atoms with van der Waals surface area (Å²) in [4.78, 5) is 27.0. The van der Waals surface area contributed by atoms with Gasteiger partial charge in [0.05, 0.1) is 43.6 Å². The van der Waals surface area contributed by atoms with Crippen LogP contribution in [-0.4, -0.2) is 52.1 Å². The summed E-state index contributed by atoms with van der Waals surface area (Å²) in [6.07, 6.45) is 0.951. The van der Waals surface area contributed by atoms with E-state index in [2.05, 4.69) is 0 Å². The van der Waals surface area contributed by atoms with Crippen LogP contribution in [0, 0.1) is 0 Å². The van der Waals surface area contributed by atoms with Crippen LogP contribution in [0.25, 0.3) is 0 Å². The lowest BCUT2D eigenvalue weighted by Crippen LogP contribution is -2.36. The second kappa shape index (κ2) is 9.82. The van der Waals surface area contributed by atoms with Gasteiger partial charge in [-0.05, 0) is 56.2 Å². The predicted molar refractivity (Wildman–Crippen MR) is 125 cm³/mol. The number of sulfone groups is 1. The molecule has 1 aliphatic rings. The number of benzene rings is 2. The third-order valence-electron chi connectivity index (χ3n) is 5.18. The van der Waals surface area contributed by atoms with E-state index in [9.17, 15) is 18.0 Å². The number of hydrogen-bond donors (Lipinski definition) is 0. The van der Waals surface area contributed by atoms with E-state index < -0.39 is 21.8 Å². The molecule has 2 aromatic carbocycles. The fourth-order valence-electron chi connectivity index (χ4n) is 3.85. The molecule has 0 aromatic heterocycles. The number of esters is 1. The van der Waals surface area contributed by atoms with Crippen LogP contribution in [0.2, 0.25) is 0 Å². The predicted octanol–water partition coefficient (Wildman–Crippen LogP) is 3.33. The molecule has 0 spiro atoms. The van der Waals surface area contributed by atoms with Gasteiger partial charge in [0.15, 0.2) is 11.5 Å². The second-order valence-corrected chi connectivity index (χ2v) is 10.4. The van der Waals surface area contributed by atoms with Crippen molar-refractivity contribution in [3.05, 3.63) is 53.1 Å². The lowest BCUT2D eigenvalue weighted by molar-refractivity contribution is -0.117. The van der Waals surface area contributed by atoms with E-state index in [-0.39, 0.29) is 24.2 Å². The van der Waals surface area contributed by atoms with Crippen LogP contribution < -0.4 is 14.4 Å². The highest BCUT2D eigenvalue weighted by molar-refractivity contribution is 7.90. The standard InChI is InChI=1S/C24H29NO7S/c1-6-31-22-12-16(9-10-21(22)30-4)20(14-33(5,28)29)25-19-11-18(24(27)32-15(2)3)8-7-17(19)13-23(25)26/h7-12,15,20H,6,13-14H2,1-5H3/t20-/m1/s1. The zero-order valence-electron chi connectivity index (χ0n) is 19.5. The molecular weight excluding hydrogens is 446 g/mol. The normalized spacial score (nSPS) is 14.2. The van der Waals surface area contributed by atoms with Crippen molar-refractivity contribution in [2.75, 3.05) is 30.6 Å². The van der Waals surface area contributed by atoms with E-state index in [4.69, 9.17) is 14.2 Å². The van der Waals surface area contributed by atoms with E-state index in [0.717, 1.165) is 11.8 Å². The first-order valence-electron chi connectivity index (χ1n) is 10.7. The zero-order chi connectivity index (χ0) is 24.3. The number of amides is 1. The number of anilines is 1.